The Bertz CT molecular complexity index is 749. The lowest BCUT2D eigenvalue weighted by Crippen LogP contribution is -2.47. The summed E-state index contributed by atoms with van der Waals surface area (Å²) in [6.45, 7) is 2.04. The zero-order valence-electron chi connectivity index (χ0n) is 15.6. The first-order chi connectivity index (χ1) is 12.7. The van der Waals surface area contributed by atoms with Crippen molar-refractivity contribution in [3.8, 4) is 0 Å². The Balaban J connectivity index is 0.00000261. The number of aromatic nitrogens is 3. The van der Waals surface area contributed by atoms with E-state index in [1.165, 1.54) is 5.56 Å². The Morgan fingerprint density at radius 1 is 1.37 bits per heavy atom. The normalized spacial score (nSPS) is 16.4. The molecule has 0 spiro atoms. The highest BCUT2D eigenvalue weighted by Crippen LogP contribution is 2.13. The SMILES string of the molecule is CN=C(NCCc1ccc(Cl)cc1)NC1CCc2nc(COC)nn2C1.I. The summed E-state index contributed by atoms with van der Waals surface area (Å²) in [5.74, 6) is 2.58. The molecule has 0 aliphatic carbocycles. The summed E-state index contributed by atoms with van der Waals surface area (Å²) in [5, 5.41) is 12.1. The van der Waals surface area contributed by atoms with E-state index < -0.39 is 0 Å². The second-order valence-electron chi connectivity index (χ2n) is 6.31. The maximum absolute atomic E-state index is 5.92. The largest absolute Gasteiger partial charge is 0.377 e. The van der Waals surface area contributed by atoms with Gasteiger partial charge in [-0.3, -0.25) is 4.99 Å². The Kier molecular flexibility index (Phi) is 8.78. The van der Waals surface area contributed by atoms with Gasteiger partial charge in [-0.05, 0) is 30.5 Å². The van der Waals surface area contributed by atoms with E-state index in [1.807, 2.05) is 28.9 Å². The van der Waals surface area contributed by atoms with E-state index in [4.69, 9.17) is 16.3 Å². The third-order valence-electron chi connectivity index (χ3n) is 4.36. The molecule has 1 atom stereocenters. The summed E-state index contributed by atoms with van der Waals surface area (Å²) in [4.78, 5) is 8.83. The molecule has 148 valence electrons. The molecule has 0 fully saturated rings. The van der Waals surface area contributed by atoms with Crippen molar-refractivity contribution in [3.05, 3.63) is 46.5 Å². The van der Waals surface area contributed by atoms with Crippen LogP contribution in [0.5, 0.6) is 0 Å². The Labute approximate surface area is 182 Å². The molecule has 1 aromatic carbocycles. The van der Waals surface area contributed by atoms with E-state index in [-0.39, 0.29) is 30.0 Å². The molecule has 27 heavy (non-hydrogen) atoms. The number of methoxy groups -OCH3 is 1. The predicted molar refractivity (Wildman–Crippen MR) is 118 cm³/mol. The van der Waals surface area contributed by atoms with Gasteiger partial charge in [0.2, 0.25) is 0 Å². The monoisotopic (exact) mass is 504 g/mol. The highest BCUT2D eigenvalue weighted by Gasteiger charge is 2.22. The zero-order chi connectivity index (χ0) is 18.4. The lowest BCUT2D eigenvalue weighted by molar-refractivity contribution is 0.177. The number of nitrogens with zero attached hydrogens (tertiary/aromatic N) is 4. The fraction of sp³-hybridized carbons (Fsp3) is 0.500. The van der Waals surface area contributed by atoms with Crippen LogP contribution in [0, 0.1) is 0 Å². The number of ether oxygens (including phenoxy) is 1. The lowest BCUT2D eigenvalue weighted by Gasteiger charge is -2.25. The molecule has 2 aromatic rings. The van der Waals surface area contributed by atoms with Crippen LogP contribution in [0.1, 0.15) is 23.6 Å². The van der Waals surface area contributed by atoms with Gasteiger partial charge in [-0.1, -0.05) is 23.7 Å². The first-order valence-corrected chi connectivity index (χ1v) is 9.19. The number of guanidine groups is 1. The van der Waals surface area contributed by atoms with Crippen LogP contribution >= 0.6 is 35.6 Å². The number of aliphatic imine (C=N–C) groups is 1. The molecule has 1 aromatic heterocycles. The van der Waals surface area contributed by atoms with Crippen molar-refractivity contribution >= 4 is 41.5 Å². The van der Waals surface area contributed by atoms with Gasteiger partial charge in [0.15, 0.2) is 11.8 Å². The smallest absolute Gasteiger partial charge is 0.191 e. The molecule has 1 aliphatic heterocycles. The van der Waals surface area contributed by atoms with Gasteiger partial charge in [0.25, 0.3) is 0 Å². The van der Waals surface area contributed by atoms with Gasteiger partial charge >= 0.3 is 0 Å². The van der Waals surface area contributed by atoms with Crippen LogP contribution in [0.3, 0.4) is 0 Å². The summed E-state index contributed by atoms with van der Waals surface area (Å²) in [7, 11) is 3.45. The number of halogens is 2. The van der Waals surface area contributed by atoms with E-state index >= 15 is 0 Å². The average Bonchev–Trinajstić information content (AvgIpc) is 3.04. The number of nitrogens with one attached hydrogen (secondary N) is 2. The van der Waals surface area contributed by atoms with E-state index in [9.17, 15) is 0 Å². The molecule has 3 rings (SSSR count). The molecule has 0 radical (unpaired) electrons. The second-order valence-corrected chi connectivity index (χ2v) is 6.75. The molecule has 9 heteroatoms. The van der Waals surface area contributed by atoms with Crippen molar-refractivity contribution in [2.75, 3.05) is 20.7 Å². The van der Waals surface area contributed by atoms with Gasteiger partial charge in [-0.25, -0.2) is 9.67 Å². The van der Waals surface area contributed by atoms with Gasteiger partial charge in [0, 0.05) is 38.2 Å². The van der Waals surface area contributed by atoms with Gasteiger partial charge in [0.05, 0.1) is 6.54 Å². The summed E-state index contributed by atoms with van der Waals surface area (Å²) in [6, 6.07) is 8.21. The zero-order valence-corrected chi connectivity index (χ0v) is 18.7. The standard InChI is InChI=1S/C18H25ClN6O.HI/c1-20-18(21-10-9-13-3-5-14(19)6-4-13)22-15-7-8-17-23-16(12-26-2)24-25(17)11-15;/h3-6,15H,7-12H2,1-2H3,(H2,20,21,22);1H. The molecule has 1 unspecified atom stereocenters. The molecule has 0 bridgehead atoms. The molecule has 1 aliphatic rings. The first kappa shape index (κ1) is 21.9. The number of hydrogen-bond acceptors (Lipinski definition) is 4. The van der Waals surface area contributed by atoms with Crippen LogP contribution < -0.4 is 10.6 Å². The molecule has 2 heterocycles. The summed E-state index contributed by atoms with van der Waals surface area (Å²) >= 11 is 5.92. The minimum Gasteiger partial charge on any atom is -0.377 e. The summed E-state index contributed by atoms with van der Waals surface area (Å²) in [5.41, 5.74) is 1.24. The van der Waals surface area contributed by atoms with Gasteiger partial charge in [0.1, 0.15) is 12.4 Å². The summed E-state index contributed by atoms with van der Waals surface area (Å²) < 4.78 is 7.08. The third kappa shape index (κ3) is 6.32. The van der Waals surface area contributed by atoms with Crippen molar-refractivity contribution < 1.29 is 4.74 Å². The number of fused-ring (bicyclic) bond motifs is 1. The quantitative estimate of drug-likeness (QED) is 0.359. The topological polar surface area (TPSA) is 76.4 Å². The molecule has 0 saturated heterocycles. The van der Waals surface area contributed by atoms with E-state index in [1.54, 1.807) is 14.2 Å². The van der Waals surface area contributed by atoms with Crippen LogP contribution in [0.15, 0.2) is 29.3 Å². The molecular formula is C18H26ClIN6O. The van der Waals surface area contributed by atoms with Crippen LogP contribution in [0.2, 0.25) is 5.02 Å². The first-order valence-electron chi connectivity index (χ1n) is 8.81. The highest BCUT2D eigenvalue weighted by atomic mass is 127. The number of benzene rings is 1. The molecule has 2 N–H and O–H groups in total. The van der Waals surface area contributed by atoms with E-state index in [0.29, 0.717) is 6.61 Å². The highest BCUT2D eigenvalue weighted by molar-refractivity contribution is 14.0. The van der Waals surface area contributed by atoms with Crippen LogP contribution in [0.25, 0.3) is 0 Å². The summed E-state index contributed by atoms with van der Waals surface area (Å²) in [6.07, 6.45) is 2.81. The Morgan fingerprint density at radius 3 is 2.85 bits per heavy atom. The van der Waals surface area contributed by atoms with E-state index in [0.717, 1.165) is 55.0 Å². The number of hydrogen-bond donors (Lipinski definition) is 2. The van der Waals surface area contributed by atoms with Crippen molar-refractivity contribution in [2.24, 2.45) is 4.99 Å². The fourth-order valence-electron chi connectivity index (χ4n) is 3.03. The van der Waals surface area contributed by atoms with Crippen LogP contribution in [0.4, 0.5) is 0 Å². The van der Waals surface area contributed by atoms with E-state index in [2.05, 4.69) is 25.7 Å². The number of aryl methyl sites for hydroxylation is 1. The molecular weight excluding hydrogens is 479 g/mol. The van der Waals surface area contributed by atoms with Crippen molar-refractivity contribution in [1.29, 1.82) is 0 Å². The molecule has 7 nitrogen and oxygen atoms in total. The Hall–Kier alpha value is -1.39. The molecule has 0 saturated carbocycles. The van der Waals surface area contributed by atoms with Crippen LogP contribution in [-0.2, 0) is 30.7 Å². The van der Waals surface area contributed by atoms with Gasteiger partial charge in [-0.2, -0.15) is 5.10 Å². The van der Waals surface area contributed by atoms with Crippen molar-refractivity contribution in [3.63, 3.8) is 0 Å². The van der Waals surface area contributed by atoms with Gasteiger partial charge in [-0.15, -0.1) is 24.0 Å². The lowest BCUT2D eigenvalue weighted by atomic mass is 10.1. The minimum atomic E-state index is 0. The third-order valence-corrected chi connectivity index (χ3v) is 4.61. The second kappa shape index (κ2) is 10.8. The Morgan fingerprint density at radius 2 is 2.15 bits per heavy atom. The average molecular weight is 505 g/mol. The maximum Gasteiger partial charge on any atom is 0.191 e. The van der Waals surface area contributed by atoms with Crippen molar-refractivity contribution in [1.82, 2.24) is 25.4 Å². The predicted octanol–water partition coefficient (Wildman–Crippen LogP) is 2.42. The van der Waals surface area contributed by atoms with Crippen molar-refractivity contribution in [2.45, 2.75) is 38.5 Å². The fourth-order valence-corrected chi connectivity index (χ4v) is 3.16. The van der Waals surface area contributed by atoms with Crippen LogP contribution in [-0.4, -0.2) is 47.5 Å². The molecule has 0 amide bonds. The number of rotatable bonds is 6. The van der Waals surface area contributed by atoms with Gasteiger partial charge < -0.3 is 15.4 Å². The maximum atomic E-state index is 5.92. The minimum absolute atomic E-state index is 0.